The summed E-state index contributed by atoms with van der Waals surface area (Å²) in [6.07, 6.45) is 7.56. The topological polar surface area (TPSA) is 41.9 Å². The van der Waals surface area contributed by atoms with Gasteiger partial charge in [0.1, 0.15) is 0 Å². The van der Waals surface area contributed by atoms with Crippen LogP contribution in [0.2, 0.25) is 0 Å². The Kier molecular flexibility index (Phi) is 2.41. The van der Waals surface area contributed by atoms with Gasteiger partial charge in [0.2, 0.25) is 5.88 Å². The van der Waals surface area contributed by atoms with Crippen molar-refractivity contribution in [2.45, 2.75) is 13.3 Å². The van der Waals surface area contributed by atoms with Crippen LogP contribution in [-0.4, -0.2) is 23.6 Å². The molecular weight excluding hydrogens is 192 g/mol. The van der Waals surface area contributed by atoms with Crippen LogP contribution in [0.3, 0.4) is 0 Å². The lowest BCUT2D eigenvalue weighted by Crippen LogP contribution is -2.22. The van der Waals surface area contributed by atoms with E-state index in [1.54, 1.807) is 17.1 Å². The van der Waals surface area contributed by atoms with Crippen LogP contribution < -0.4 is 0 Å². The molecule has 78 valence electrons. The largest absolute Gasteiger partial charge is 0.336 e. The summed E-state index contributed by atoms with van der Waals surface area (Å²) in [5.41, 5.74) is 0.548. The van der Waals surface area contributed by atoms with E-state index in [4.69, 9.17) is 4.84 Å². The van der Waals surface area contributed by atoms with E-state index in [0.29, 0.717) is 11.5 Å². The molecule has 0 amide bonds. The lowest BCUT2D eigenvalue weighted by atomic mass is 10.1. The van der Waals surface area contributed by atoms with Crippen molar-refractivity contribution in [1.29, 1.82) is 0 Å². The number of carbonyl (C=O) groups excluding carboxylic acids is 1. The van der Waals surface area contributed by atoms with Crippen LogP contribution in [0.5, 0.6) is 0 Å². The van der Waals surface area contributed by atoms with E-state index < -0.39 is 0 Å². The number of ketones is 1. The molecule has 1 aliphatic carbocycles. The molecule has 15 heavy (non-hydrogen) atoms. The monoisotopic (exact) mass is 204 g/mol. The number of oxime groups is 1. The highest BCUT2D eigenvalue weighted by Gasteiger charge is 2.25. The van der Waals surface area contributed by atoms with Gasteiger partial charge < -0.3 is 4.84 Å². The molecule has 4 heteroatoms. The van der Waals surface area contributed by atoms with Crippen molar-refractivity contribution in [3.05, 3.63) is 35.8 Å². The van der Waals surface area contributed by atoms with Crippen molar-refractivity contribution < 1.29 is 9.63 Å². The molecule has 0 saturated carbocycles. The van der Waals surface area contributed by atoms with Gasteiger partial charge in [-0.3, -0.25) is 9.69 Å². The van der Waals surface area contributed by atoms with Gasteiger partial charge in [0.05, 0.1) is 5.57 Å². The second-order valence-corrected chi connectivity index (χ2v) is 3.31. The number of amidine groups is 1. The SMILES string of the molecule is CCC1=NO/C(=C2\C=CC=CC2=O)N1C. The standard InChI is InChI=1S/C11H12N2O2/c1-3-10-12-15-11(13(10)2)8-6-4-5-7-9(8)14/h4-7H,3H2,1-2H3/b11-8+. The Hall–Kier alpha value is -1.84. The van der Waals surface area contributed by atoms with Gasteiger partial charge in [0, 0.05) is 13.5 Å². The highest BCUT2D eigenvalue weighted by molar-refractivity contribution is 6.08. The molecule has 0 bridgehead atoms. The molecule has 2 rings (SSSR count). The molecule has 0 N–H and O–H groups in total. The lowest BCUT2D eigenvalue weighted by Gasteiger charge is -2.14. The maximum Gasteiger partial charge on any atom is 0.242 e. The van der Waals surface area contributed by atoms with Crippen molar-refractivity contribution in [3.8, 4) is 0 Å². The Labute approximate surface area is 88.2 Å². The summed E-state index contributed by atoms with van der Waals surface area (Å²) in [6, 6.07) is 0. The Morgan fingerprint density at radius 2 is 2.13 bits per heavy atom. The minimum Gasteiger partial charge on any atom is -0.336 e. The van der Waals surface area contributed by atoms with E-state index in [1.807, 2.05) is 20.0 Å². The van der Waals surface area contributed by atoms with Gasteiger partial charge in [0.15, 0.2) is 11.6 Å². The first kappa shape index (κ1) is 9.71. The van der Waals surface area contributed by atoms with E-state index in [2.05, 4.69) is 5.16 Å². The van der Waals surface area contributed by atoms with Crippen LogP contribution in [-0.2, 0) is 9.63 Å². The molecule has 0 fully saturated rings. The molecule has 1 heterocycles. The van der Waals surface area contributed by atoms with Crippen molar-refractivity contribution in [1.82, 2.24) is 4.90 Å². The Morgan fingerprint density at radius 3 is 2.73 bits per heavy atom. The number of carbonyl (C=O) groups is 1. The van der Waals surface area contributed by atoms with Crippen molar-refractivity contribution in [2.75, 3.05) is 7.05 Å². The average Bonchev–Trinajstić information content (AvgIpc) is 2.60. The molecular formula is C11H12N2O2. The molecule has 0 aromatic carbocycles. The lowest BCUT2D eigenvalue weighted by molar-refractivity contribution is -0.111. The first-order chi connectivity index (χ1) is 7.24. The predicted molar refractivity (Wildman–Crippen MR) is 56.9 cm³/mol. The predicted octanol–water partition coefficient (Wildman–Crippen LogP) is 1.58. The molecule has 0 saturated heterocycles. The Morgan fingerprint density at radius 1 is 1.40 bits per heavy atom. The van der Waals surface area contributed by atoms with E-state index in [-0.39, 0.29) is 5.78 Å². The van der Waals surface area contributed by atoms with Crippen LogP contribution >= 0.6 is 0 Å². The number of rotatable bonds is 1. The number of nitrogens with zero attached hydrogens (tertiary/aromatic N) is 2. The quantitative estimate of drug-likeness (QED) is 0.609. The Bertz CT molecular complexity index is 416. The number of hydrogen-bond donors (Lipinski definition) is 0. The smallest absolute Gasteiger partial charge is 0.242 e. The summed E-state index contributed by atoms with van der Waals surface area (Å²) in [5, 5.41) is 3.90. The fourth-order valence-corrected chi connectivity index (χ4v) is 1.51. The van der Waals surface area contributed by atoms with E-state index in [9.17, 15) is 4.79 Å². The fourth-order valence-electron chi connectivity index (χ4n) is 1.51. The molecule has 0 spiro atoms. The highest BCUT2D eigenvalue weighted by atomic mass is 16.7. The van der Waals surface area contributed by atoms with Crippen LogP contribution in [0, 0.1) is 0 Å². The Balaban J connectivity index is 2.33. The van der Waals surface area contributed by atoms with Gasteiger partial charge in [0.25, 0.3) is 0 Å². The molecule has 4 nitrogen and oxygen atoms in total. The zero-order chi connectivity index (χ0) is 10.8. The second kappa shape index (κ2) is 3.73. The van der Waals surface area contributed by atoms with Gasteiger partial charge in [-0.15, -0.1) is 0 Å². The van der Waals surface area contributed by atoms with E-state index in [1.165, 1.54) is 6.08 Å². The maximum absolute atomic E-state index is 11.6. The van der Waals surface area contributed by atoms with Crippen molar-refractivity contribution >= 4 is 11.6 Å². The molecule has 2 aliphatic rings. The molecule has 0 aromatic rings. The molecule has 1 aliphatic heterocycles. The van der Waals surface area contributed by atoms with Gasteiger partial charge in [-0.1, -0.05) is 24.2 Å². The molecule has 0 aromatic heterocycles. The first-order valence-corrected chi connectivity index (χ1v) is 4.85. The average molecular weight is 204 g/mol. The van der Waals surface area contributed by atoms with Crippen molar-refractivity contribution in [3.63, 3.8) is 0 Å². The first-order valence-electron chi connectivity index (χ1n) is 4.85. The van der Waals surface area contributed by atoms with Crippen LogP contribution in [0.25, 0.3) is 0 Å². The van der Waals surface area contributed by atoms with Gasteiger partial charge in [-0.25, -0.2) is 0 Å². The van der Waals surface area contributed by atoms with E-state index >= 15 is 0 Å². The van der Waals surface area contributed by atoms with Gasteiger partial charge in [-0.05, 0) is 12.2 Å². The number of hydrogen-bond acceptors (Lipinski definition) is 4. The van der Waals surface area contributed by atoms with Crippen LogP contribution in [0.4, 0.5) is 0 Å². The second-order valence-electron chi connectivity index (χ2n) is 3.31. The minimum absolute atomic E-state index is 0.0492. The van der Waals surface area contributed by atoms with Gasteiger partial charge in [-0.2, -0.15) is 0 Å². The molecule has 0 atom stereocenters. The van der Waals surface area contributed by atoms with E-state index in [0.717, 1.165) is 12.3 Å². The summed E-state index contributed by atoms with van der Waals surface area (Å²) >= 11 is 0. The third kappa shape index (κ3) is 1.58. The number of allylic oxidation sites excluding steroid dienone is 5. The van der Waals surface area contributed by atoms with Crippen LogP contribution in [0.15, 0.2) is 40.9 Å². The highest BCUT2D eigenvalue weighted by Crippen LogP contribution is 2.22. The molecule has 0 unspecified atom stereocenters. The normalized spacial score (nSPS) is 24.5. The summed E-state index contributed by atoms with van der Waals surface area (Å²) in [4.78, 5) is 18.5. The fraction of sp³-hybridized carbons (Fsp3) is 0.273. The van der Waals surface area contributed by atoms with Gasteiger partial charge >= 0.3 is 0 Å². The summed E-state index contributed by atoms with van der Waals surface area (Å²) in [7, 11) is 1.84. The van der Waals surface area contributed by atoms with Crippen molar-refractivity contribution in [2.24, 2.45) is 5.16 Å². The molecule has 0 radical (unpaired) electrons. The van der Waals surface area contributed by atoms with Crippen LogP contribution in [0.1, 0.15) is 13.3 Å². The third-order valence-electron chi connectivity index (χ3n) is 2.36. The third-order valence-corrected chi connectivity index (χ3v) is 2.36. The summed E-state index contributed by atoms with van der Waals surface area (Å²) < 4.78 is 0. The zero-order valence-electron chi connectivity index (χ0n) is 8.73. The zero-order valence-corrected chi connectivity index (χ0v) is 8.73. The minimum atomic E-state index is -0.0492. The maximum atomic E-state index is 11.6. The summed E-state index contributed by atoms with van der Waals surface area (Å²) in [5.74, 6) is 1.29. The summed E-state index contributed by atoms with van der Waals surface area (Å²) in [6.45, 7) is 1.99.